The molecular weight excluding hydrogens is 506 g/mol. The average molecular weight is 536 g/mol. The molecule has 2 heterocycles. The summed E-state index contributed by atoms with van der Waals surface area (Å²) in [6.07, 6.45) is 5.31. The topological polar surface area (TPSA) is 82.4 Å². The van der Waals surface area contributed by atoms with E-state index in [-0.39, 0.29) is 17.2 Å². The van der Waals surface area contributed by atoms with Crippen molar-refractivity contribution < 1.29 is 14.3 Å². The van der Waals surface area contributed by atoms with E-state index in [1.165, 1.54) is 23.1 Å². The van der Waals surface area contributed by atoms with E-state index < -0.39 is 0 Å². The van der Waals surface area contributed by atoms with Crippen molar-refractivity contribution in [2.45, 2.75) is 43.8 Å². The zero-order valence-electron chi connectivity index (χ0n) is 20.9. The quantitative estimate of drug-likeness (QED) is 0.191. The first kappa shape index (κ1) is 25.4. The molecule has 5 rings (SSSR count). The Balaban J connectivity index is 1.46. The van der Waals surface area contributed by atoms with Crippen LogP contribution in [-0.4, -0.2) is 35.4 Å². The predicted molar refractivity (Wildman–Crippen MR) is 149 cm³/mol. The third kappa shape index (κ3) is 5.38. The molecule has 0 spiro atoms. The standard InChI is InChI=1S/C28H29N3O4S2/c1-34-20-14-12-19(13-15-20)31-27(33)25-21-9-4-3-5-11-23(21)37-26(25)30-28(31)36-17-24(32)29-16-18-8-6-7-10-22(18)35-2/h6-8,10,12-15H,3-5,9,11,16-17H2,1-2H3,(H,29,32). The van der Waals surface area contributed by atoms with Crippen LogP contribution in [0.5, 0.6) is 11.5 Å². The lowest BCUT2D eigenvalue weighted by Gasteiger charge is -2.13. The van der Waals surface area contributed by atoms with Gasteiger partial charge in [-0.3, -0.25) is 14.2 Å². The fourth-order valence-corrected chi connectivity index (χ4v) is 6.79. The van der Waals surface area contributed by atoms with Gasteiger partial charge in [0.25, 0.3) is 5.56 Å². The number of para-hydroxylation sites is 1. The Morgan fingerprint density at radius 3 is 2.62 bits per heavy atom. The van der Waals surface area contributed by atoms with Gasteiger partial charge in [-0.15, -0.1) is 11.3 Å². The third-order valence-corrected chi connectivity index (χ3v) is 8.66. The molecule has 0 unspecified atom stereocenters. The van der Waals surface area contributed by atoms with Crippen LogP contribution >= 0.6 is 23.1 Å². The highest BCUT2D eigenvalue weighted by Gasteiger charge is 2.23. The van der Waals surface area contributed by atoms with Gasteiger partial charge in [-0.05, 0) is 61.6 Å². The lowest BCUT2D eigenvalue weighted by molar-refractivity contribution is -0.118. The van der Waals surface area contributed by atoms with Crippen LogP contribution in [0.3, 0.4) is 0 Å². The van der Waals surface area contributed by atoms with E-state index in [9.17, 15) is 9.59 Å². The summed E-state index contributed by atoms with van der Waals surface area (Å²) >= 11 is 2.89. The number of aromatic nitrogens is 2. The lowest BCUT2D eigenvalue weighted by atomic mass is 10.1. The molecule has 0 bridgehead atoms. The van der Waals surface area contributed by atoms with Crippen LogP contribution in [0, 0.1) is 0 Å². The van der Waals surface area contributed by atoms with Crippen LogP contribution < -0.4 is 20.3 Å². The Kier molecular flexibility index (Phi) is 7.81. The van der Waals surface area contributed by atoms with E-state index in [0.717, 1.165) is 52.8 Å². The summed E-state index contributed by atoms with van der Waals surface area (Å²) in [6.45, 7) is 0.360. The molecule has 0 aliphatic heterocycles. The smallest absolute Gasteiger partial charge is 0.267 e. The van der Waals surface area contributed by atoms with E-state index in [4.69, 9.17) is 14.5 Å². The first-order chi connectivity index (χ1) is 18.1. The van der Waals surface area contributed by atoms with Crippen molar-refractivity contribution in [1.29, 1.82) is 0 Å². The number of hydrogen-bond acceptors (Lipinski definition) is 7. The number of hydrogen-bond donors (Lipinski definition) is 1. The summed E-state index contributed by atoms with van der Waals surface area (Å²) in [5.74, 6) is 1.43. The number of thiophene rings is 1. The zero-order valence-corrected chi connectivity index (χ0v) is 22.5. The molecule has 2 aromatic heterocycles. The number of methoxy groups -OCH3 is 2. The average Bonchev–Trinajstić information content (AvgIpc) is 3.12. The first-order valence-corrected chi connectivity index (χ1v) is 14.1. The van der Waals surface area contributed by atoms with Crippen LogP contribution in [-0.2, 0) is 24.2 Å². The molecule has 1 N–H and O–H groups in total. The van der Waals surface area contributed by atoms with E-state index in [1.54, 1.807) is 30.1 Å². The number of carbonyl (C=O) groups is 1. The highest BCUT2D eigenvalue weighted by atomic mass is 32.2. The van der Waals surface area contributed by atoms with Crippen molar-refractivity contribution in [3.05, 3.63) is 74.9 Å². The summed E-state index contributed by atoms with van der Waals surface area (Å²) in [4.78, 5) is 33.7. The van der Waals surface area contributed by atoms with Gasteiger partial charge in [0.05, 0.1) is 31.0 Å². The fourth-order valence-electron chi connectivity index (χ4n) is 4.64. The van der Waals surface area contributed by atoms with Crippen molar-refractivity contribution in [2.75, 3.05) is 20.0 Å². The second-order valence-corrected chi connectivity index (χ2v) is 10.9. The van der Waals surface area contributed by atoms with Crippen molar-refractivity contribution >= 4 is 39.2 Å². The van der Waals surface area contributed by atoms with Crippen LogP contribution in [0.15, 0.2) is 58.5 Å². The Bertz CT molecular complexity index is 1480. The molecule has 192 valence electrons. The molecule has 0 saturated carbocycles. The second-order valence-electron chi connectivity index (χ2n) is 8.85. The van der Waals surface area contributed by atoms with Gasteiger partial charge in [-0.2, -0.15) is 0 Å². The van der Waals surface area contributed by atoms with E-state index >= 15 is 0 Å². The number of nitrogens with zero attached hydrogens (tertiary/aromatic N) is 2. The number of benzene rings is 2. The van der Waals surface area contributed by atoms with E-state index in [1.807, 2.05) is 48.5 Å². The number of fused-ring (bicyclic) bond motifs is 3. The SMILES string of the molecule is COc1ccc(-n2c(SCC(=O)NCc3ccccc3OC)nc3sc4c(c3c2=O)CCCCC4)cc1. The minimum atomic E-state index is -0.145. The van der Waals surface area contributed by atoms with Crippen molar-refractivity contribution in [2.24, 2.45) is 0 Å². The number of carbonyl (C=O) groups excluding carboxylic acids is 1. The van der Waals surface area contributed by atoms with Gasteiger partial charge in [0, 0.05) is 17.0 Å². The number of aryl methyl sites for hydroxylation is 2. The second kappa shape index (κ2) is 11.4. The summed E-state index contributed by atoms with van der Waals surface area (Å²) in [7, 11) is 3.22. The van der Waals surface area contributed by atoms with E-state index in [2.05, 4.69) is 5.32 Å². The summed E-state index contributed by atoms with van der Waals surface area (Å²) in [6, 6.07) is 15.0. The van der Waals surface area contributed by atoms with Crippen molar-refractivity contribution in [1.82, 2.24) is 14.9 Å². The molecule has 2 aromatic carbocycles. The van der Waals surface area contributed by atoms with Gasteiger partial charge in [0.1, 0.15) is 16.3 Å². The highest BCUT2D eigenvalue weighted by molar-refractivity contribution is 7.99. The third-order valence-electron chi connectivity index (χ3n) is 6.54. The van der Waals surface area contributed by atoms with Crippen molar-refractivity contribution in [3.8, 4) is 17.2 Å². The molecule has 0 radical (unpaired) electrons. The van der Waals surface area contributed by atoms with Gasteiger partial charge in [0.15, 0.2) is 5.16 Å². The van der Waals surface area contributed by atoms with Gasteiger partial charge in [-0.1, -0.05) is 36.4 Å². The number of thioether (sulfide) groups is 1. The molecule has 1 aliphatic rings. The number of nitrogens with one attached hydrogen (secondary N) is 1. The van der Waals surface area contributed by atoms with Gasteiger partial charge in [-0.25, -0.2) is 4.98 Å². The normalized spacial score (nSPS) is 13.1. The molecule has 9 heteroatoms. The lowest BCUT2D eigenvalue weighted by Crippen LogP contribution is -2.26. The fraction of sp³-hybridized carbons (Fsp3) is 0.321. The van der Waals surface area contributed by atoms with Crippen LogP contribution in [0.25, 0.3) is 15.9 Å². The molecule has 4 aromatic rings. The number of ether oxygens (including phenoxy) is 2. The first-order valence-electron chi connectivity index (χ1n) is 12.3. The van der Waals surface area contributed by atoms with Gasteiger partial charge < -0.3 is 14.8 Å². The number of amides is 1. The monoisotopic (exact) mass is 535 g/mol. The Morgan fingerprint density at radius 2 is 1.84 bits per heavy atom. The zero-order chi connectivity index (χ0) is 25.8. The van der Waals surface area contributed by atoms with Crippen LogP contribution in [0.2, 0.25) is 0 Å². The van der Waals surface area contributed by atoms with Gasteiger partial charge in [0.2, 0.25) is 5.91 Å². The Hall–Kier alpha value is -3.30. The highest BCUT2D eigenvalue weighted by Crippen LogP contribution is 2.34. The van der Waals surface area contributed by atoms with Crippen LogP contribution in [0.1, 0.15) is 35.3 Å². The molecule has 0 saturated heterocycles. The predicted octanol–water partition coefficient (Wildman–Crippen LogP) is 5.14. The summed E-state index contributed by atoms with van der Waals surface area (Å²) < 4.78 is 12.3. The molecule has 1 amide bonds. The summed E-state index contributed by atoms with van der Waals surface area (Å²) in [5, 5.41) is 4.18. The van der Waals surface area contributed by atoms with Gasteiger partial charge >= 0.3 is 0 Å². The van der Waals surface area contributed by atoms with Crippen LogP contribution in [0.4, 0.5) is 0 Å². The molecule has 0 atom stereocenters. The van der Waals surface area contributed by atoms with Crippen molar-refractivity contribution in [3.63, 3.8) is 0 Å². The maximum atomic E-state index is 13.9. The minimum absolute atomic E-state index is 0.0773. The Labute approximate surface area is 223 Å². The molecule has 0 fully saturated rings. The van der Waals surface area contributed by atoms with E-state index in [0.29, 0.717) is 23.1 Å². The molecule has 37 heavy (non-hydrogen) atoms. The minimum Gasteiger partial charge on any atom is -0.497 e. The maximum absolute atomic E-state index is 13.9. The number of rotatable bonds is 8. The maximum Gasteiger partial charge on any atom is 0.267 e. The Morgan fingerprint density at radius 1 is 1.05 bits per heavy atom. The largest absolute Gasteiger partial charge is 0.497 e. The molecular formula is C28H29N3O4S2. The molecule has 1 aliphatic carbocycles. The molecule has 7 nitrogen and oxygen atoms in total. The summed E-state index contributed by atoms with van der Waals surface area (Å²) in [5.41, 5.74) is 2.68.